The van der Waals surface area contributed by atoms with Gasteiger partial charge in [-0.1, -0.05) is 0 Å². The van der Waals surface area contributed by atoms with E-state index in [0.29, 0.717) is 17.7 Å². The molecule has 120 valence electrons. The van der Waals surface area contributed by atoms with Crippen LogP contribution in [0.1, 0.15) is 33.1 Å². The number of carbonyl (C=O) groups is 4. The van der Waals surface area contributed by atoms with Gasteiger partial charge in [0.2, 0.25) is 11.8 Å². The highest BCUT2D eigenvalue weighted by Gasteiger charge is 2.77. The predicted molar refractivity (Wildman–Crippen MR) is 69.6 cm³/mol. The van der Waals surface area contributed by atoms with Crippen molar-refractivity contribution in [2.24, 2.45) is 10.8 Å². The summed E-state index contributed by atoms with van der Waals surface area (Å²) in [7, 11) is 0. The summed E-state index contributed by atoms with van der Waals surface area (Å²) in [5.74, 6) is -4.15. The van der Waals surface area contributed by atoms with E-state index in [0.717, 1.165) is 0 Å². The fourth-order valence-corrected chi connectivity index (χ4v) is 4.21. The Bertz CT molecular complexity index is 568. The molecule has 3 aliphatic rings. The first-order valence-electron chi connectivity index (χ1n) is 7.13. The molecule has 0 aromatic heterocycles. The van der Waals surface area contributed by atoms with E-state index >= 15 is 0 Å². The topological polar surface area (TPSA) is 121 Å². The van der Waals surface area contributed by atoms with E-state index in [4.69, 9.17) is 9.84 Å². The second-order valence-corrected chi connectivity index (χ2v) is 6.53. The highest BCUT2D eigenvalue weighted by Crippen LogP contribution is 2.64. The average Bonchev–Trinajstić information content (AvgIpc) is 3.03. The third-order valence-corrected chi connectivity index (χ3v) is 5.68. The van der Waals surface area contributed by atoms with Crippen LogP contribution in [0.4, 0.5) is 0 Å². The molecule has 2 bridgehead atoms. The van der Waals surface area contributed by atoms with Crippen molar-refractivity contribution in [1.29, 1.82) is 0 Å². The van der Waals surface area contributed by atoms with Gasteiger partial charge in [0.1, 0.15) is 6.04 Å². The molecule has 2 N–H and O–H groups in total. The van der Waals surface area contributed by atoms with E-state index in [1.807, 2.05) is 0 Å². The summed E-state index contributed by atoms with van der Waals surface area (Å²) in [6.07, 6.45) is -0.387. The average molecular weight is 311 g/mol. The zero-order valence-corrected chi connectivity index (χ0v) is 12.2. The van der Waals surface area contributed by atoms with Crippen molar-refractivity contribution in [3.8, 4) is 0 Å². The van der Waals surface area contributed by atoms with Crippen molar-refractivity contribution in [3.63, 3.8) is 0 Å². The molecular weight excluding hydrogens is 294 g/mol. The van der Waals surface area contributed by atoms with Gasteiger partial charge in [-0.3, -0.25) is 19.3 Å². The molecule has 3 heterocycles. The van der Waals surface area contributed by atoms with Crippen LogP contribution in [0.25, 0.3) is 0 Å². The van der Waals surface area contributed by atoms with E-state index in [9.17, 15) is 24.3 Å². The first-order valence-corrected chi connectivity index (χ1v) is 7.13. The third-order valence-electron chi connectivity index (χ3n) is 5.68. The molecule has 8 heteroatoms. The fraction of sp³-hybridized carbons (Fsp3) is 0.714. The van der Waals surface area contributed by atoms with Gasteiger partial charge in [-0.2, -0.15) is 0 Å². The summed E-state index contributed by atoms with van der Waals surface area (Å²) in [5.41, 5.74) is -2.25. The van der Waals surface area contributed by atoms with Crippen LogP contribution >= 0.6 is 0 Å². The van der Waals surface area contributed by atoms with Crippen molar-refractivity contribution < 1.29 is 34.1 Å². The highest BCUT2D eigenvalue weighted by atomic mass is 16.5. The number of aliphatic carboxylic acids is 2. The van der Waals surface area contributed by atoms with Gasteiger partial charge < -0.3 is 14.9 Å². The van der Waals surface area contributed by atoms with Crippen LogP contribution in [0.15, 0.2) is 0 Å². The number of amides is 2. The number of fused-ring (bicyclic) bond motifs is 5. The maximum Gasteiger partial charge on any atom is 0.327 e. The molecule has 8 nitrogen and oxygen atoms in total. The summed E-state index contributed by atoms with van der Waals surface area (Å²) < 4.78 is 5.72. The number of rotatable bonds is 4. The number of hydrogen-bond acceptors (Lipinski definition) is 5. The van der Waals surface area contributed by atoms with Gasteiger partial charge in [-0.25, -0.2) is 4.79 Å². The Balaban J connectivity index is 2.06. The Labute approximate surface area is 126 Å². The lowest BCUT2D eigenvalue weighted by atomic mass is 9.59. The van der Waals surface area contributed by atoms with Gasteiger partial charge in [0.05, 0.1) is 29.5 Å². The zero-order chi connectivity index (χ0) is 16.4. The molecule has 5 atom stereocenters. The van der Waals surface area contributed by atoms with Crippen LogP contribution in [0, 0.1) is 10.8 Å². The van der Waals surface area contributed by atoms with E-state index < -0.39 is 59.3 Å². The minimum atomic E-state index is -1.68. The van der Waals surface area contributed by atoms with Gasteiger partial charge >= 0.3 is 11.9 Å². The summed E-state index contributed by atoms with van der Waals surface area (Å²) in [5, 5.41) is 18.1. The van der Waals surface area contributed by atoms with Crippen LogP contribution in [0.2, 0.25) is 0 Å². The van der Waals surface area contributed by atoms with Gasteiger partial charge in [0.15, 0.2) is 0 Å². The Morgan fingerprint density at radius 3 is 2.00 bits per heavy atom. The van der Waals surface area contributed by atoms with Gasteiger partial charge in [0.25, 0.3) is 0 Å². The quantitative estimate of drug-likeness (QED) is 0.693. The Kier molecular flexibility index (Phi) is 2.91. The number of likely N-dealkylation sites (tertiary alicyclic amines) is 1. The maximum atomic E-state index is 12.8. The molecule has 22 heavy (non-hydrogen) atoms. The second kappa shape index (κ2) is 4.28. The SMILES string of the molecule is C[C@@]12C(=O)N(C(CC(=O)O)C(=O)O)C(=O)[C@]1(C)[C@H]1CC[C@@H]2O1. The monoisotopic (exact) mass is 311 g/mol. The number of hydrogen-bond donors (Lipinski definition) is 2. The number of carbonyl (C=O) groups excluding carboxylic acids is 2. The number of carboxylic acid groups (broad SMARTS) is 2. The normalized spacial score (nSPS) is 40.9. The van der Waals surface area contributed by atoms with Crippen LogP contribution in [-0.4, -0.2) is 57.1 Å². The molecule has 3 fully saturated rings. The van der Waals surface area contributed by atoms with Crippen molar-refractivity contribution >= 4 is 23.8 Å². The minimum Gasteiger partial charge on any atom is -0.481 e. The molecule has 3 saturated heterocycles. The number of imide groups is 1. The van der Waals surface area contributed by atoms with Crippen molar-refractivity contribution in [3.05, 3.63) is 0 Å². The number of carboxylic acids is 2. The lowest BCUT2D eigenvalue weighted by Crippen LogP contribution is -2.49. The molecule has 0 aliphatic carbocycles. The molecule has 0 aromatic carbocycles. The Hall–Kier alpha value is -1.96. The molecule has 0 spiro atoms. The van der Waals surface area contributed by atoms with Crippen molar-refractivity contribution in [2.45, 2.75) is 51.4 Å². The van der Waals surface area contributed by atoms with Gasteiger partial charge in [-0.15, -0.1) is 0 Å². The zero-order valence-electron chi connectivity index (χ0n) is 12.2. The van der Waals surface area contributed by atoms with E-state index in [-0.39, 0.29) is 0 Å². The summed E-state index contributed by atoms with van der Waals surface area (Å²) >= 11 is 0. The molecule has 0 saturated carbocycles. The lowest BCUT2D eigenvalue weighted by Gasteiger charge is -2.36. The molecule has 0 radical (unpaired) electrons. The molecular formula is C14H17NO7. The Morgan fingerprint density at radius 2 is 1.64 bits per heavy atom. The number of nitrogens with zero attached hydrogens (tertiary/aromatic N) is 1. The van der Waals surface area contributed by atoms with Gasteiger partial charge in [-0.05, 0) is 26.7 Å². The predicted octanol–water partition coefficient (Wildman–Crippen LogP) is -0.143. The highest BCUT2D eigenvalue weighted by molar-refractivity contribution is 6.13. The number of ether oxygens (including phenoxy) is 1. The largest absolute Gasteiger partial charge is 0.481 e. The summed E-state index contributed by atoms with van der Waals surface area (Å²) in [6.45, 7) is 3.24. The minimum absolute atomic E-state index is 0.428. The van der Waals surface area contributed by atoms with Crippen LogP contribution < -0.4 is 0 Å². The standard InChI is InChI=1S/C14H17NO7/c1-13-7-3-4-8(22-7)14(13,2)12(21)15(11(13)20)6(10(18)19)5-9(16)17/h6-8H,3-5H2,1-2H3,(H,16,17)(H,18,19)/t6?,7-,8+,13+,14-. The first-order chi connectivity index (χ1) is 10.2. The van der Waals surface area contributed by atoms with Crippen molar-refractivity contribution in [1.82, 2.24) is 4.90 Å². The smallest absolute Gasteiger partial charge is 0.327 e. The van der Waals surface area contributed by atoms with Crippen LogP contribution in [0.5, 0.6) is 0 Å². The van der Waals surface area contributed by atoms with Crippen LogP contribution in [-0.2, 0) is 23.9 Å². The molecule has 2 amide bonds. The van der Waals surface area contributed by atoms with Gasteiger partial charge in [0, 0.05) is 0 Å². The molecule has 0 aromatic rings. The third kappa shape index (κ3) is 1.45. The molecule has 3 aliphatic heterocycles. The van der Waals surface area contributed by atoms with Crippen LogP contribution in [0.3, 0.4) is 0 Å². The lowest BCUT2D eigenvalue weighted by molar-refractivity contribution is -0.160. The first kappa shape index (κ1) is 15.0. The summed E-state index contributed by atoms with van der Waals surface area (Å²) in [4.78, 5) is 48.5. The van der Waals surface area contributed by atoms with Crippen molar-refractivity contribution in [2.75, 3.05) is 0 Å². The van der Waals surface area contributed by atoms with E-state index in [1.54, 1.807) is 13.8 Å². The summed E-state index contributed by atoms with van der Waals surface area (Å²) in [6, 6.07) is -1.68. The maximum absolute atomic E-state index is 12.8. The molecule has 1 unspecified atom stereocenters. The second-order valence-electron chi connectivity index (χ2n) is 6.53. The van der Waals surface area contributed by atoms with E-state index in [1.165, 1.54) is 0 Å². The molecule has 3 rings (SSSR count). The fourth-order valence-electron chi connectivity index (χ4n) is 4.21. The Morgan fingerprint density at radius 1 is 1.18 bits per heavy atom. The van der Waals surface area contributed by atoms with E-state index in [2.05, 4.69) is 0 Å².